The Morgan fingerprint density at radius 3 is 2.91 bits per heavy atom. The van der Waals surface area contributed by atoms with Crippen LogP contribution in [0, 0.1) is 19.8 Å². The summed E-state index contributed by atoms with van der Waals surface area (Å²) in [6, 6.07) is 4.16. The number of likely N-dealkylation sites (tertiary alicyclic amines) is 1. The lowest BCUT2D eigenvalue weighted by Gasteiger charge is -2.12. The Labute approximate surface area is 133 Å². The second-order valence-electron chi connectivity index (χ2n) is 5.77. The van der Waals surface area contributed by atoms with Crippen LogP contribution in [0.2, 0.25) is 0 Å². The summed E-state index contributed by atoms with van der Waals surface area (Å²) in [5.74, 6) is -0.335. The van der Waals surface area contributed by atoms with E-state index >= 15 is 0 Å². The highest BCUT2D eigenvalue weighted by Gasteiger charge is 2.33. The molecule has 1 fully saturated rings. The number of hydrogen-bond acceptors (Lipinski definition) is 4. The van der Waals surface area contributed by atoms with E-state index in [9.17, 15) is 9.59 Å². The van der Waals surface area contributed by atoms with E-state index in [1.807, 2.05) is 20.8 Å². The lowest BCUT2D eigenvalue weighted by molar-refractivity contribution is -0.128. The minimum atomic E-state index is -0.276. The van der Waals surface area contributed by atoms with Gasteiger partial charge in [-0.15, -0.1) is 0 Å². The van der Waals surface area contributed by atoms with Gasteiger partial charge in [0.1, 0.15) is 0 Å². The third kappa shape index (κ3) is 2.70. The van der Waals surface area contributed by atoms with Gasteiger partial charge in [0.2, 0.25) is 11.8 Å². The Kier molecular flexibility index (Phi) is 3.87. The number of amides is 2. The first-order chi connectivity index (χ1) is 10.5. The molecule has 0 radical (unpaired) electrons. The summed E-state index contributed by atoms with van der Waals surface area (Å²) in [5.41, 5.74) is 3.23. The first-order valence-electron chi connectivity index (χ1n) is 7.44. The number of aryl methyl sites for hydroxylation is 2. The van der Waals surface area contributed by atoms with E-state index in [1.165, 1.54) is 16.9 Å². The van der Waals surface area contributed by atoms with Crippen LogP contribution in [0.1, 0.15) is 24.5 Å². The van der Waals surface area contributed by atoms with Gasteiger partial charge in [0.25, 0.3) is 0 Å². The van der Waals surface area contributed by atoms with Gasteiger partial charge in [0.05, 0.1) is 16.1 Å². The molecule has 1 atom stereocenters. The first kappa shape index (κ1) is 15.0. The van der Waals surface area contributed by atoms with Crippen molar-refractivity contribution in [2.24, 2.45) is 5.92 Å². The first-order valence-corrected chi connectivity index (χ1v) is 8.26. The zero-order valence-corrected chi connectivity index (χ0v) is 13.8. The highest BCUT2D eigenvalue weighted by Crippen LogP contribution is 2.30. The lowest BCUT2D eigenvalue weighted by atomic mass is 10.1. The molecule has 0 spiro atoms. The predicted molar refractivity (Wildman–Crippen MR) is 88.1 cm³/mol. The molecule has 1 unspecified atom stereocenters. The number of rotatable bonds is 3. The van der Waals surface area contributed by atoms with Crippen molar-refractivity contribution < 1.29 is 9.59 Å². The van der Waals surface area contributed by atoms with Crippen molar-refractivity contribution >= 4 is 38.5 Å². The quantitative estimate of drug-likeness (QED) is 0.947. The molecule has 5 nitrogen and oxygen atoms in total. The van der Waals surface area contributed by atoms with Crippen LogP contribution < -0.4 is 5.32 Å². The average Bonchev–Trinajstić information content (AvgIpc) is 3.02. The van der Waals surface area contributed by atoms with Gasteiger partial charge < -0.3 is 10.2 Å². The zero-order valence-electron chi connectivity index (χ0n) is 13.0. The van der Waals surface area contributed by atoms with Crippen LogP contribution in [0.15, 0.2) is 12.1 Å². The maximum Gasteiger partial charge on any atom is 0.231 e. The SMILES string of the molecule is CCN1CC(C(=O)Nc2nc3c(C)cc(C)cc3s2)CC1=O. The summed E-state index contributed by atoms with van der Waals surface area (Å²) in [7, 11) is 0. The lowest BCUT2D eigenvalue weighted by Crippen LogP contribution is -2.28. The second-order valence-corrected chi connectivity index (χ2v) is 6.80. The summed E-state index contributed by atoms with van der Waals surface area (Å²) in [4.78, 5) is 30.3. The highest BCUT2D eigenvalue weighted by atomic mass is 32.1. The number of nitrogens with zero attached hydrogens (tertiary/aromatic N) is 2. The molecule has 6 heteroatoms. The van der Waals surface area contributed by atoms with Gasteiger partial charge in [0.15, 0.2) is 5.13 Å². The molecule has 0 bridgehead atoms. The molecule has 2 amide bonds. The predicted octanol–water partition coefficient (Wildman–Crippen LogP) is 2.72. The topological polar surface area (TPSA) is 62.3 Å². The molecule has 1 N–H and O–H groups in total. The van der Waals surface area contributed by atoms with E-state index in [0.29, 0.717) is 24.6 Å². The molecule has 0 saturated carbocycles. The van der Waals surface area contributed by atoms with Crippen LogP contribution in [-0.2, 0) is 9.59 Å². The Morgan fingerprint density at radius 1 is 1.45 bits per heavy atom. The number of anilines is 1. The molecular weight excluding hydrogens is 298 g/mol. The molecule has 2 aromatic rings. The molecule has 116 valence electrons. The normalized spacial score (nSPS) is 18.2. The third-order valence-corrected chi connectivity index (χ3v) is 4.94. The minimum Gasteiger partial charge on any atom is -0.342 e. The molecule has 22 heavy (non-hydrogen) atoms. The molecule has 1 aliphatic rings. The minimum absolute atomic E-state index is 0.0541. The highest BCUT2D eigenvalue weighted by molar-refractivity contribution is 7.22. The second kappa shape index (κ2) is 5.68. The Hall–Kier alpha value is -1.95. The number of thiazole rings is 1. The third-order valence-electron chi connectivity index (χ3n) is 4.03. The van der Waals surface area contributed by atoms with E-state index in [-0.39, 0.29) is 17.7 Å². The number of fused-ring (bicyclic) bond motifs is 1. The van der Waals surface area contributed by atoms with Gasteiger partial charge in [-0.25, -0.2) is 4.98 Å². The van der Waals surface area contributed by atoms with Crippen LogP contribution >= 0.6 is 11.3 Å². The molecule has 1 aromatic heterocycles. The smallest absolute Gasteiger partial charge is 0.231 e. The van der Waals surface area contributed by atoms with E-state index in [0.717, 1.165) is 15.8 Å². The summed E-state index contributed by atoms with van der Waals surface area (Å²) in [6.45, 7) is 7.16. The van der Waals surface area contributed by atoms with Gasteiger partial charge in [-0.05, 0) is 38.0 Å². The van der Waals surface area contributed by atoms with Crippen molar-refractivity contribution in [2.75, 3.05) is 18.4 Å². The Morgan fingerprint density at radius 2 is 2.23 bits per heavy atom. The summed E-state index contributed by atoms with van der Waals surface area (Å²) in [5, 5.41) is 3.48. The van der Waals surface area contributed by atoms with Gasteiger partial charge in [-0.1, -0.05) is 17.4 Å². The van der Waals surface area contributed by atoms with E-state index in [1.54, 1.807) is 4.90 Å². The Balaban J connectivity index is 1.77. The standard InChI is InChI=1S/C16H19N3O2S/c1-4-19-8-11(7-13(19)20)15(21)18-16-17-14-10(3)5-9(2)6-12(14)22-16/h5-6,11H,4,7-8H2,1-3H3,(H,17,18,21). The largest absolute Gasteiger partial charge is 0.342 e. The maximum absolute atomic E-state index is 12.3. The number of carbonyl (C=O) groups is 2. The zero-order chi connectivity index (χ0) is 15.9. The average molecular weight is 317 g/mol. The van der Waals surface area contributed by atoms with Crippen molar-refractivity contribution in [3.05, 3.63) is 23.3 Å². The van der Waals surface area contributed by atoms with Crippen LogP contribution in [0.3, 0.4) is 0 Å². The van der Waals surface area contributed by atoms with Crippen molar-refractivity contribution in [3.8, 4) is 0 Å². The number of carbonyl (C=O) groups excluding carboxylic acids is 2. The number of benzene rings is 1. The van der Waals surface area contributed by atoms with Crippen LogP contribution in [0.25, 0.3) is 10.2 Å². The summed E-state index contributed by atoms with van der Waals surface area (Å²) >= 11 is 1.48. The van der Waals surface area contributed by atoms with Crippen molar-refractivity contribution in [1.29, 1.82) is 0 Å². The summed E-state index contributed by atoms with van der Waals surface area (Å²) < 4.78 is 1.07. The number of aromatic nitrogens is 1. The maximum atomic E-state index is 12.3. The van der Waals surface area contributed by atoms with Gasteiger partial charge >= 0.3 is 0 Å². The monoisotopic (exact) mass is 317 g/mol. The molecule has 2 heterocycles. The fraction of sp³-hybridized carbons (Fsp3) is 0.438. The Bertz CT molecular complexity index is 753. The van der Waals surface area contributed by atoms with Gasteiger partial charge in [0, 0.05) is 19.5 Å². The van der Waals surface area contributed by atoms with Crippen LogP contribution in [-0.4, -0.2) is 34.8 Å². The molecular formula is C16H19N3O2S. The van der Waals surface area contributed by atoms with E-state index in [4.69, 9.17) is 0 Å². The van der Waals surface area contributed by atoms with Crippen LogP contribution in [0.4, 0.5) is 5.13 Å². The fourth-order valence-electron chi connectivity index (χ4n) is 2.88. The summed E-state index contributed by atoms with van der Waals surface area (Å²) in [6.07, 6.45) is 0.294. The van der Waals surface area contributed by atoms with E-state index in [2.05, 4.69) is 22.4 Å². The van der Waals surface area contributed by atoms with Gasteiger partial charge in [-0.3, -0.25) is 9.59 Å². The van der Waals surface area contributed by atoms with Crippen molar-refractivity contribution in [3.63, 3.8) is 0 Å². The van der Waals surface area contributed by atoms with Crippen molar-refractivity contribution in [1.82, 2.24) is 9.88 Å². The number of hydrogen-bond donors (Lipinski definition) is 1. The van der Waals surface area contributed by atoms with Crippen molar-refractivity contribution in [2.45, 2.75) is 27.2 Å². The molecule has 3 rings (SSSR count). The number of nitrogens with one attached hydrogen (secondary N) is 1. The molecule has 1 aliphatic heterocycles. The van der Waals surface area contributed by atoms with Crippen LogP contribution in [0.5, 0.6) is 0 Å². The molecule has 1 aromatic carbocycles. The van der Waals surface area contributed by atoms with E-state index < -0.39 is 0 Å². The molecule has 0 aliphatic carbocycles. The molecule has 1 saturated heterocycles. The van der Waals surface area contributed by atoms with Gasteiger partial charge in [-0.2, -0.15) is 0 Å². The fourth-order valence-corrected chi connectivity index (χ4v) is 3.93.